The average molecular weight is 228 g/mol. The van der Waals surface area contributed by atoms with Crippen molar-refractivity contribution < 1.29 is 14.7 Å². The Bertz CT molecular complexity index is 258. The highest BCUT2D eigenvalue weighted by atomic mass is 16.3. The molecule has 1 aliphatic heterocycles. The smallest absolute Gasteiger partial charge is 0.223 e. The number of nitrogens with zero attached hydrogens (tertiary/aromatic N) is 1. The van der Waals surface area contributed by atoms with Crippen molar-refractivity contribution in [1.29, 1.82) is 0 Å². The van der Waals surface area contributed by atoms with Gasteiger partial charge in [-0.05, 0) is 19.8 Å². The van der Waals surface area contributed by atoms with E-state index in [9.17, 15) is 9.59 Å². The largest absolute Gasteiger partial charge is 0.392 e. The van der Waals surface area contributed by atoms with Crippen molar-refractivity contribution in [2.24, 2.45) is 5.92 Å². The lowest BCUT2D eigenvalue weighted by molar-refractivity contribution is -0.134. The quantitative estimate of drug-likeness (QED) is 0.699. The molecule has 0 bridgehead atoms. The van der Waals surface area contributed by atoms with Gasteiger partial charge in [0.1, 0.15) is 0 Å². The topological polar surface area (TPSA) is 69.6 Å². The Morgan fingerprint density at radius 1 is 1.44 bits per heavy atom. The summed E-state index contributed by atoms with van der Waals surface area (Å²) in [6.45, 7) is 4.79. The molecule has 0 saturated carbocycles. The Balaban J connectivity index is 2.30. The van der Waals surface area contributed by atoms with E-state index in [1.807, 2.05) is 0 Å². The minimum atomic E-state index is -0.513. The van der Waals surface area contributed by atoms with Crippen LogP contribution in [0, 0.1) is 5.92 Å². The molecular formula is C11H20N2O3. The van der Waals surface area contributed by atoms with E-state index < -0.39 is 6.10 Å². The maximum atomic E-state index is 11.7. The lowest BCUT2D eigenvalue weighted by Gasteiger charge is -2.30. The zero-order chi connectivity index (χ0) is 12.1. The molecule has 5 heteroatoms. The highest BCUT2D eigenvalue weighted by Gasteiger charge is 2.25. The number of carbonyl (C=O) groups excluding carboxylic acids is 2. The number of piperidine rings is 1. The van der Waals surface area contributed by atoms with E-state index in [0.29, 0.717) is 32.5 Å². The third-order valence-corrected chi connectivity index (χ3v) is 2.88. The summed E-state index contributed by atoms with van der Waals surface area (Å²) in [7, 11) is 0. The first-order valence-corrected chi connectivity index (χ1v) is 5.72. The van der Waals surface area contributed by atoms with Gasteiger partial charge in [0.2, 0.25) is 11.8 Å². The van der Waals surface area contributed by atoms with Crippen LogP contribution in [-0.2, 0) is 9.59 Å². The van der Waals surface area contributed by atoms with Gasteiger partial charge < -0.3 is 15.3 Å². The van der Waals surface area contributed by atoms with Crippen LogP contribution in [-0.4, -0.2) is 47.6 Å². The first-order chi connectivity index (χ1) is 7.50. The molecule has 16 heavy (non-hydrogen) atoms. The monoisotopic (exact) mass is 228 g/mol. The molecule has 0 spiro atoms. The van der Waals surface area contributed by atoms with Crippen LogP contribution in [0.25, 0.3) is 0 Å². The van der Waals surface area contributed by atoms with Crippen LogP contribution in [0.1, 0.15) is 26.7 Å². The normalized spacial score (nSPS) is 19.3. The molecule has 1 saturated heterocycles. The molecule has 1 aliphatic rings. The van der Waals surface area contributed by atoms with Crippen molar-refractivity contribution in [3.05, 3.63) is 0 Å². The SMILES string of the molecule is CC(=O)N1CCC(C(=O)NC[C@H](C)O)CC1. The maximum Gasteiger partial charge on any atom is 0.223 e. The molecule has 0 aliphatic carbocycles. The number of amides is 2. The van der Waals surface area contributed by atoms with Crippen molar-refractivity contribution in [2.75, 3.05) is 19.6 Å². The van der Waals surface area contributed by atoms with Gasteiger partial charge in [0.15, 0.2) is 0 Å². The highest BCUT2D eigenvalue weighted by Crippen LogP contribution is 2.17. The number of rotatable bonds is 3. The van der Waals surface area contributed by atoms with Crippen molar-refractivity contribution >= 4 is 11.8 Å². The average Bonchev–Trinajstić information content (AvgIpc) is 2.26. The van der Waals surface area contributed by atoms with Crippen LogP contribution >= 0.6 is 0 Å². The summed E-state index contributed by atoms with van der Waals surface area (Å²) in [4.78, 5) is 24.5. The predicted octanol–water partition coefficient (Wildman–Crippen LogP) is -0.258. The molecular weight excluding hydrogens is 208 g/mol. The van der Waals surface area contributed by atoms with Crippen LogP contribution in [0.2, 0.25) is 0 Å². The van der Waals surface area contributed by atoms with Crippen molar-refractivity contribution in [2.45, 2.75) is 32.8 Å². The number of nitrogens with one attached hydrogen (secondary N) is 1. The fourth-order valence-corrected chi connectivity index (χ4v) is 1.85. The van der Waals surface area contributed by atoms with Crippen molar-refractivity contribution in [3.8, 4) is 0 Å². The summed E-state index contributed by atoms with van der Waals surface area (Å²) in [5.74, 6) is 0.0429. The second-order valence-electron chi connectivity index (χ2n) is 4.37. The third-order valence-electron chi connectivity index (χ3n) is 2.88. The molecule has 1 heterocycles. The number of likely N-dealkylation sites (tertiary alicyclic amines) is 1. The first-order valence-electron chi connectivity index (χ1n) is 5.72. The molecule has 5 nitrogen and oxygen atoms in total. The van der Waals surface area contributed by atoms with E-state index in [1.165, 1.54) is 0 Å². The fourth-order valence-electron chi connectivity index (χ4n) is 1.85. The van der Waals surface area contributed by atoms with Gasteiger partial charge in [0, 0.05) is 32.5 Å². The molecule has 0 radical (unpaired) electrons. The lowest BCUT2D eigenvalue weighted by Crippen LogP contribution is -2.43. The van der Waals surface area contributed by atoms with Gasteiger partial charge in [0.25, 0.3) is 0 Å². The van der Waals surface area contributed by atoms with Gasteiger partial charge >= 0.3 is 0 Å². The Morgan fingerprint density at radius 2 is 2.00 bits per heavy atom. The van der Waals surface area contributed by atoms with Crippen LogP contribution in [0.15, 0.2) is 0 Å². The zero-order valence-corrected chi connectivity index (χ0v) is 9.90. The molecule has 2 N–H and O–H groups in total. The van der Waals surface area contributed by atoms with Gasteiger partial charge in [-0.2, -0.15) is 0 Å². The van der Waals surface area contributed by atoms with E-state index in [-0.39, 0.29) is 17.7 Å². The lowest BCUT2D eigenvalue weighted by atomic mass is 9.96. The van der Waals surface area contributed by atoms with Gasteiger partial charge in [0.05, 0.1) is 6.10 Å². The second-order valence-corrected chi connectivity index (χ2v) is 4.37. The Kier molecular flexibility index (Phi) is 4.73. The highest BCUT2D eigenvalue weighted by molar-refractivity contribution is 5.79. The minimum absolute atomic E-state index is 0.0101. The van der Waals surface area contributed by atoms with E-state index in [0.717, 1.165) is 0 Å². The summed E-state index contributed by atoms with van der Waals surface area (Å²) in [5, 5.41) is 11.8. The molecule has 0 aromatic carbocycles. The molecule has 1 atom stereocenters. The van der Waals surface area contributed by atoms with E-state index in [2.05, 4.69) is 5.32 Å². The predicted molar refractivity (Wildman–Crippen MR) is 59.7 cm³/mol. The Hall–Kier alpha value is -1.10. The van der Waals surface area contributed by atoms with Gasteiger partial charge in [-0.1, -0.05) is 0 Å². The minimum Gasteiger partial charge on any atom is -0.392 e. The molecule has 1 rings (SSSR count). The number of hydrogen-bond acceptors (Lipinski definition) is 3. The Morgan fingerprint density at radius 3 is 2.44 bits per heavy atom. The van der Waals surface area contributed by atoms with Crippen LogP contribution in [0.4, 0.5) is 0 Å². The fraction of sp³-hybridized carbons (Fsp3) is 0.818. The van der Waals surface area contributed by atoms with Gasteiger partial charge in [-0.15, -0.1) is 0 Å². The van der Waals surface area contributed by atoms with Crippen LogP contribution in [0.5, 0.6) is 0 Å². The van der Waals surface area contributed by atoms with Gasteiger partial charge in [-0.25, -0.2) is 0 Å². The van der Waals surface area contributed by atoms with Crippen LogP contribution in [0.3, 0.4) is 0 Å². The molecule has 0 aromatic rings. The Labute approximate surface area is 95.8 Å². The standard InChI is InChI=1S/C11H20N2O3/c1-8(14)7-12-11(16)10-3-5-13(6-4-10)9(2)15/h8,10,14H,3-7H2,1-2H3,(H,12,16)/t8-/m0/s1. The number of carbonyl (C=O) groups is 2. The maximum absolute atomic E-state index is 11.7. The summed E-state index contributed by atoms with van der Waals surface area (Å²) in [6.07, 6.45) is 0.914. The second kappa shape index (κ2) is 5.84. The molecule has 0 aromatic heterocycles. The number of aliphatic hydroxyl groups is 1. The van der Waals surface area contributed by atoms with E-state index >= 15 is 0 Å². The molecule has 0 unspecified atom stereocenters. The van der Waals surface area contributed by atoms with Gasteiger partial charge in [-0.3, -0.25) is 9.59 Å². The summed E-state index contributed by atoms with van der Waals surface area (Å²) in [6, 6.07) is 0. The van der Waals surface area contributed by atoms with E-state index in [1.54, 1.807) is 18.7 Å². The third kappa shape index (κ3) is 3.81. The number of aliphatic hydroxyl groups excluding tert-OH is 1. The summed E-state index contributed by atoms with van der Waals surface area (Å²) >= 11 is 0. The summed E-state index contributed by atoms with van der Waals surface area (Å²) < 4.78 is 0. The zero-order valence-electron chi connectivity index (χ0n) is 9.90. The number of hydrogen-bond donors (Lipinski definition) is 2. The summed E-state index contributed by atoms with van der Waals surface area (Å²) in [5.41, 5.74) is 0. The van der Waals surface area contributed by atoms with Crippen molar-refractivity contribution in [1.82, 2.24) is 10.2 Å². The molecule has 2 amide bonds. The molecule has 1 fully saturated rings. The van der Waals surface area contributed by atoms with Crippen LogP contribution < -0.4 is 5.32 Å². The molecule has 92 valence electrons. The van der Waals surface area contributed by atoms with Crippen molar-refractivity contribution in [3.63, 3.8) is 0 Å². The first kappa shape index (κ1) is 13.0. The van der Waals surface area contributed by atoms with E-state index in [4.69, 9.17) is 5.11 Å².